The van der Waals surface area contributed by atoms with Gasteiger partial charge in [-0.15, -0.1) is 0 Å². The zero-order chi connectivity index (χ0) is 20.9. The molecule has 3 aromatic carbocycles. The van der Waals surface area contributed by atoms with Gasteiger partial charge in [-0.1, -0.05) is 73.0 Å². The van der Waals surface area contributed by atoms with Crippen LogP contribution in [0.3, 0.4) is 0 Å². The third-order valence-electron chi connectivity index (χ3n) is 5.05. The molecule has 0 amide bonds. The van der Waals surface area contributed by atoms with Gasteiger partial charge in [-0.2, -0.15) is 0 Å². The molecule has 0 saturated heterocycles. The molecule has 0 spiro atoms. The van der Waals surface area contributed by atoms with Crippen molar-refractivity contribution in [1.82, 2.24) is 0 Å². The molecule has 0 radical (unpaired) electrons. The van der Waals surface area contributed by atoms with Crippen LogP contribution in [0.4, 0.5) is 0 Å². The summed E-state index contributed by atoms with van der Waals surface area (Å²) in [6, 6.07) is 19.7. The van der Waals surface area contributed by atoms with Gasteiger partial charge in [0, 0.05) is 10.4 Å². The van der Waals surface area contributed by atoms with Gasteiger partial charge in [0.1, 0.15) is 0 Å². The Hall–Kier alpha value is -2.37. The molecule has 29 heavy (non-hydrogen) atoms. The molecule has 0 fully saturated rings. The van der Waals surface area contributed by atoms with Crippen molar-refractivity contribution < 1.29 is 18.3 Å². The average molecular weight is 431 g/mol. The van der Waals surface area contributed by atoms with Crippen molar-refractivity contribution in [2.45, 2.75) is 42.2 Å². The number of hydrogen-bond acceptors (Lipinski definition) is 3. The van der Waals surface area contributed by atoms with E-state index in [0.29, 0.717) is 16.8 Å². The highest BCUT2D eigenvalue weighted by atomic mass is 35.5. The van der Waals surface area contributed by atoms with E-state index < -0.39 is 21.1 Å². The Kier molecular flexibility index (Phi) is 6.93. The lowest BCUT2D eigenvalue weighted by Crippen LogP contribution is -2.30. The molecular formula is C23H23ClO4S. The number of aryl methyl sites for hydroxylation is 1. The number of sulfone groups is 1. The van der Waals surface area contributed by atoms with E-state index in [1.165, 1.54) is 6.07 Å². The van der Waals surface area contributed by atoms with E-state index in [1.807, 2.05) is 42.5 Å². The predicted octanol–water partition coefficient (Wildman–Crippen LogP) is 5.52. The Morgan fingerprint density at radius 3 is 2.31 bits per heavy atom. The van der Waals surface area contributed by atoms with Crippen molar-refractivity contribution in [2.24, 2.45) is 0 Å². The van der Waals surface area contributed by atoms with Gasteiger partial charge in [-0.25, -0.2) is 8.42 Å². The number of hydrogen-bond donors (Lipinski definition) is 1. The van der Waals surface area contributed by atoms with Crippen LogP contribution in [0.2, 0.25) is 5.02 Å². The fourth-order valence-electron chi connectivity index (χ4n) is 3.50. The number of carboxylic acids is 1. The monoisotopic (exact) mass is 430 g/mol. The molecule has 0 bridgehead atoms. The Morgan fingerprint density at radius 1 is 0.897 bits per heavy atom. The van der Waals surface area contributed by atoms with Crippen LogP contribution in [0, 0.1) is 0 Å². The molecule has 0 aromatic heterocycles. The maximum Gasteiger partial charge on any atom is 0.322 e. The molecule has 0 saturated carbocycles. The maximum absolute atomic E-state index is 13.1. The number of carboxylic acid groups (broad SMARTS) is 1. The van der Waals surface area contributed by atoms with Crippen LogP contribution >= 0.6 is 11.6 Å². The molecule has 3 rings (SSSR count). The van der Waals surface area contributed by atoms with Crippen LogP contribution in [0.25, 0.3) is 10.8 Å². The van der Waals surface area contributed by atoms with Crippen LogP contribution in [-0.4, -0.2) is 24.7 Å². The van der Waals surface area contributed by atoms with Gasteiger partial charge < -0.3 is 5.11 Å². The smallest absolute Gasteiger partial charge is 0.322 e. The average Bonchev–Trinajstić information content (AvgIpc) is 2.71. The summed E-state index contributed by atoms with van der Waals surface area (Å²) in [5.74, 6) is -1.30. The van der Waals surface area contributed by atoms with Gasteiger partial charge in [0.05, 0.1) is 4.90 Å². The first-order chi connectivity index (χ1) is 13.9. The normalized spacial score (nSPS) is 12.7. The Labute approximate surface area is 176 Å². The third kappa shape index (κ3) is 5.17. The minimum absolute atomic E-state index is 0.0872. The van der Waals surface area contributed by atoms with E-state index in [-0.39, 0.29) is 11.3 Å². The quantitative estimate of drug-likeness (QED) is 0.453. The lowest BCUT2D eigenvalue weighted by Gasteiger charge is -2.15. The molecular weight excluding hydrogens is 408 g/mol. The van der Waals surface area contributed by atoms with Crippen molar-refractivity contribution in [3.63, 3.8) is 0 Å². The topological polar surface area (TPSA) is 71.4 Å². The van der Waals surface area contributed by atoms with E-state index in [1.54, 1.807) is 18.2 Å². The number of carbonyl (C=O) groups is 1. The molecule has 3 aromatic rings. The summed E-state index contributed by atoms with van der Waals surface area (Å²) in [7, 11) is -3.99. The zero-order valence-electron chi connectivity index (χ0n) is 15.9. The Balaban J connectivity index is 1.67. The van der Waals surface area contributed by atoms with Crippen LogP contribution in [-0.2, 0) is 21.1 Å². The first-order valence-electron chi connectivity index (χ1n) is 9.58. The first kappa shape index (κ1) is 21.3. The third-order valence-corrected chi connectivity index (χ3v) is 7.46. The fourth-order valence-corrected chi connectivity index (χ4v) is 5.43. The number of rotatable bonds is 9. The number of unbranched alkanes of at least 4 members (excludes halogenated alkanes) is 2. The summed E-state index contributed by atoms with van der Waals surface area (Å²) in [4.78, 5) is 11.9. The molecule has 1 atom stereocenters. The van der Waals surface area contributed by atoms with Crippen molar-refractivity contribution in [3.8, 4) is 0 Å². The Morgan fingerprint density at radius 2 is 1.59 bits per heavy atom. The van der Waals surface area contributed by atoms with E-state index in [9.17, 15) is 18.3 Å². The van der Waals surface area contributed by atoms with Crippen molar-refractivity contribution in [2.75, 3.05) is 0 Å². The minimum Gasteiger partial charge on any atom is -0.480 e. The number of halogens is 1. The molecule has 4 nitrogen and oxygen atoms in total. The molecule has 152 valence electrons. The van der Waals surface area contributed by atoms with Gasteiger partial charge in [0.15, 0.2) is 15.1 Å². The Bertz CT molecular complexity index is 1090. The highest BCUT2D eigenvalue weighted by Gasteiger charge is 2.34. The van der Waals surface area contributed by atoms with Crippen LogP contribution in [0.1, 0.15) is 31.2 Å². The molecule has 1 N–H and O–H groups in total. The summed E-state index contributed by atoms with van der Waals surface area (Å²) >= 11 is 5.88. The van der Waals surface area contributed by atoms with Gasteiger partial charge in [0.2, 0.25) is 0 Å². The van der Waals surface area contributed by atoms with Crippen molar-refractivity contribution >= 4 is 38.2 Å². The van der Waals surface area contributed by atoms with Gasteiger partial charge in [-0.3, -0.25) is 4.79 Å². The van der Waals surface area contributed by atoms with Crippen LogP contribution < -0.4 is 0 Å². The van der Waals surface area contributed by atoms with Crippen molar-refractivity contribution in [1.29, 1.82) is 0 Å². The second kappa shape index (κ2) is 9.42. The van der Waals surface area contributed by atoms with Crippen LogP contribution in [0.15, 0.2) is 71.6 Å². The molecule has 1 unspecified atom stereocenters. The number of fused-ring (bicyclic) bond motifs is 1. The first-order valence-corrected chi connectivity index (χ1v) is 11.5. The van der Waals surface area contributed by atoms with E-state index >= 15 is 0 Å². The SMILES string of the molecule is O=C(O)C(CCCCCc1ccc(Cl)cc1)S(=O)(=O)c1cccc2ccccc12. The highest BCUT2D eigenvalue weighted by Crippen LogP contribution is 2.28. The minimum atomic E-state index is -3.99. The van der Waals surface area contributed by atoms with Gasteiger partial charge >= 0.3 is 5.97 Å². The second-order valence-corrected chi connectivity index (χ2v) is 9.61. The number of benzene rings is 3. The molecule has 0 aliphatic rings. The highest BCUT2D eigenvalue weighted by molar-refractivity contribution is 7.93. The molecule has 0 aliphatic heterocycles. The summed E-state index contributed by atoms with van der Waals surface area (Å²) < 4.78 is 26.2. The number of aliphatic carboxylic acids is 1. The summed E-state index contributed by atoms with van der Waals surface area (Å²) in [5.41, 5.74) is 1.16. The summed E-state index contributed by atoms with van der Waals surface area (Å²) in [5, 5.41) is 10.2. The standard InChI is InChI=1S/C23H23ClO4S/c24-19-15-13-17(14-16-19)7-2-1-3-11-22(23(25)26)29(27,28)21-12-6-9-18-8-4-5-10-20(18)21/h4-6,8-10,12-16,22H,1-3,7,11H2,(H,25,26). The fraction of sp³-hybridized carbons (Fsp3) is 0.261. The van der Waals surface area contributed by atoms with Gasteiger partial charge in [0.25, 0.3) is 0 Å². The lowest BCUT2D eigenvalue weighted by molar-refractivity contribution is -0.136. The predicted molar refractivity (Wildman–Crippen MR) is 116 cm³/mol. The molecule has 6 heteroatoms. The molecule has 0 aliphatic carbocycles. The van der Waals surface area contributed by atoms with Gasteiger partial charge in [-0.05, 0) is 48.4 Å². The van der Waals surface area contributed by atoms with E-state index in [4.69, 9.17) is 11.6 Å². The largest absolute Gasteiger partial charge is 0.480 e. The second-order valence-electron chi connectivity index (χ2n) is 7.07. The van der Waals surface area contributed by atoms with E-state index in [2.05, 4.69) is 0 Å². The molecule has 0 heterocycles. The zero-order valence-corrected chi connectivity index (χ0v) is 17.5. The van der Waals surface area contributed by atoms with Crippen LogP contribution in [0.5, 0.6) is 0 Å². The maximum atomic E-state index is 13.1. The summed E-state index contributed by atoms with van der Waals surface area (Å²) in [6.45, 7) is 0. The summed E-state index contributed by atoms with van der Waals surface area (Å²) in [6.07, 6.45) is 3.11. The van der Waals surface area contributed by atoms with E-state index in [0.717, 1.165) is 30.2 Å². The lowest BCUT2D eigenvalue weighted by atomic mass is 10.1. The van der Waals surface area contributed by atoms with Crippen molar-refractivity contribution in [3.05, 3.63) is 77.3 Å².